The minimum Gasteiger partial charge on any atom is -0.444 e. The van der Waals surface area contributed by atoms with Crippen LogP contribution in [0.25, 0.3) is 22.3 Å². The number of fused-ring (bicyclic) bond motifs is 1. The number of hydrogen-bond acceptors (Lipinski definition) is 7. The number of amides is 1. The van der Waals surface area contributed by atoms with Crippen molar-refractivity contribution in [3.05, 3.63) is 30.3 Å². The lowest BCUT2D eigenvalue weighted by Crippen LogP contribution is -2.41. The van der Waals surface area contributed by atoms with E-state index < -0.39 is 5.60 Å². The molecule has 2 aliphatic rings. The van der Waals surface area contributed by atoms with Crippen molar-refractivity contribution in [2.75, 3.05) is 26.3 Å². The second kappa shape index (κ2) is 8.78. The number of carbonyl (C=O) groups excluding carboxylic acids is 1. The van der Waals surface area contributed by atoms with Crippen molar-refractivity contribution in [2.24, 2.45) is 0 Å². The number of hydrogen-bond donors (Lipinski definition) is 0. The molecule has 2 saturated heterocycles. The molecular weight excluding hydrogens is 422 g/mol. The van der Waals surface area contributed by atoms with E-state index in [1.165, 1.54) is 0 Å². The van der Waals surface area contributed by atoms with Crippen LogP contribution in [0.5, 0.6) is 0 Å². The number of aromatic nitrogens is 4. The highest BCUT2D eigenvalue weighted by Gasteiger charge is 2.30. The van der Waals surface area contributed by atoms with Crippen LogP contribution in [0.15, 0.2) is 28.9 Å². The Balaban J connectivity index is 1.28. The van der Waals surface area contributed by atoms with Crippen LogP contribution in [0.1, 0.15) is 64.3 Å². The molecule has 9 nitrogen and oxygen atoms in total. The van der Waals surface area contributed by atoms with E-state index in [-0.39, 0.29) is 18.1 Å². The summed E-state index contributed by atoms with van der Waals surface area (Å²) in [5.41, 5.74) is 1.47. The van der Waals surface area contributed by atoms with Crippen molar-refractivity contribution in [3.8, 4) is 11.4 Å². The first-order valence-corrected chi connectivity index (χ1v) is 11.7. The van der Waals surface area contributed by atoms with Gasteiger partial charge in [-0.15, -0.1) is 0 Å². The molecule has 2 fully saturated rings. The molecule has 1 unspecified atom stereocenters. The standard InChI is InChI=1S/C24H31N5O4/c1-24(2,3)32-23(30)28-10-8-16(9-11-28)22-26-21(27-33-22)17-6-7-18-14-25-29(20(18)13-17)19-5-4-12-31-15-19/h6-7,13-14,16,19H,4-5,8-12,15H2,1-3H3. The molecule has 0 spiro atoms. The molecule has 0 aliphatic carbocycles. The van der Waals surface area contributed by atoms with Gasteiger partial charge in [-0.1, -0.05) is 17.3 Å². The molecule has 0 radical (unpaired) electrons. The molecule has 33 heavy (non-hydrogen) atoms. The fourth-order valence-corrected chi connectivity index (χ4v) is 4.54. The molecule has 1 amide bonds. The third-order valence-corrected chi connectivity index (χ3v) is 6.28. The predicted octanol–water partition coefficient (Wildman–Crippen LogP) is 4.55. The summed E-state index contributed by atoms with van der Waals surface area (Å²) < 4.78 is 18.8. The molecule has 4 heterocycles. The van der Waals surface area contributed by atoms with Gasteiger partial charge in [-0.25, -0.2) is 4.79 Å². The van der Waals surface area contributed by atoms with E-state index in [0.29, 0.717) is 31.4 Å². The lowest BCUT2D eigenvalue weighted by molar-refractivity contribution is 0.0198. The molecule has 5 rings (SSSR count). The maximum atomic E-state index is 12.3. The first-order valence-electron chi connectivity index (χ1n) is 11.7. The van der Waals surface area contributed by atoms with E-state index in [0.717, 1.165) is 48.8 Å². The summed E-state index contributed by atoms with van der Waals surface area (Å²) in [7, 11) is 0. The van der Waals surface area contributed by atoms with Crippen LogP contribution >= 0.6 is 0 Å². The molecule has 0 bridgehead atoms. The van der Waals surface area contributed by atoms with Crippen LogP contribution < -0.4 is 0 Å². The third kappa shape index (κ3) is 4.73. The Morgan fingerprint density at radius 3 is 2.73 bits per heavy atom. The number of nitrogens with zero attached hydrogens (tertiary/aromatic N) is 5. The van der Waals surface area contributed by atoms with E-state index in [1.807, 2.05) is 39.1 Å². The molecule has 2 aliphatic heterocycles. The molecule has 0 N–H and O–H groups in total. The third-order valence-electron chi connectivity index (χ3n) is 6.28. The predicted molar refractivity (Wildman–Crippen MR) is 122 cm³/mol. The van der Waals surface area contributed by atoms with E-state index >= 15 is 0 Å². The topological polar surface area (TPSA) is 95.5 Å². The van der Waals surface area contributed by atoms with Gasteiger partial charge in [0.25, 0.3) is 0 Å². The first-order chi connectivity index (χ1) is 15.9. The minimum absolute atomic E-state index is 0.138. The van der Waals surface area contributed by atoms with Gasteiger partial charge >= 0.3 is 6.09 Å². The highest BCUT2D eigenvalue weighted by Crippen LogP contribution is 2.31. The molecule has 1 atom stereocenters. The smallest absolute Gasteiger partial charge is 0.410 e. The Morgan fingerprint density at radius 1 is 1.18 bits per heavy atom. The molecule has 9 heteroatoms. The Bertz CT molecular complexity index is 1120. The summed E-state index contributed by atoms with van der Waals surface area (Å²) in [4.78, 5) is 18.8. The second-order valence-corrected chi connectivity index (χ2v) is 9.93. The maximum Gasteiger partial charge on any atom is 0.410 e. The summed E-state index contributed by atoms with van der Waals surface area (Å²) in [6.45, 7) is 8.39. The Labute approximate surface area is 193 Å². The van der Waals surface area contributed by atoms with Gasteiger partial charge in [-0.2, -0.15) is 10.1 Å². The molecule has 3 aromatic rings. The van der Waals surface area contributed by atoms with E-state index in [4.69, 9.17) is 19.0 Å². The first kappa shape index (κ1) is 21.9. The fourth-order valence-electron chi connectivity index (χ4n) is 4.54. The number of benzene rings is 1. The largest absolute Gasteiger partial charge is 0.444 e. The quantitative estimate of drug-likeness (QED) is 0.574. The Kier molecular flexibility index (Phi) is 5.82. The van der Waals surface area contributed by atoms with Crippen LogP contribution in [0.3, 0.4) is 0 Å². The number of rotatable bonds is 3. The van der Waals surface area contributed by atoms with Gasteiger partial charge in [0.15, 0.2) is 0 Å². The molecule has 176 valence electrons. The zero-order chi connectivity index (χ0) is 23.0. The van der Waals surface area contributed by atoms with Crippen LogP contribution in [0.2, 0.25) is 0 Å². The summed E-state index contributed by atoms with van der Waals surface area (Å²) in [6, 6.07) is 6.39. The van der Waals surface area contributed by atoms with E-state index in [1.54, 1.807) is 4.90 Å². The van der Waals surface area contributed by atoms with Crippen molar-refractivity contribution in [1.29, 1.82) is 0 Å². The summed E-state index contributed by atoms with van der Waals surface area (Å²) in [5, 5.41) is 9.94. The van der Waals surface area contributed by atoms with Crippen molar-refractivity contribution in [1.82, 2.24) is 24.8 Å². The summed E-state index contributed by atoms with van der Waals surface area (Å²) in [5.74, 6) is 1.34. The summed E-state index contributed by atoms with van der Waals surface area (Å²) >= 11 is 0. The van der Waals surface area contributed by atoms with Gasteiger partial charge in [0.2, 0.25) is 11.7 Å². The molecule has 0 saturated carbocycles. The zero-order valence-corrected chi connectivity index (χ0v) is 19.5. The van der Waals surface area contributed by atoms with Gasteiger partial charge < -0.3 is 18.9 Å². The van der Waals surface area contributed by atoms with Gasteiger partial charge in [0.05, 0.1) is 24.4 Å². The molecular formula is C24H31N5O4. The van der Waals surface area contributed by atoms with Crippen LogP contribution in [-0.2, 0) is 9.47 Å². The minimum atomic E-state index is -0.490. The molecule has 2 aromatic heterocycles. The van der Waals surface area contributed by atoms with Gasteiger partial charge in [-0.3, -0.25) is 4.68 Å². The number of piperidine rings is 1. The monoisotopic (exact) mass is 453 g/mol. The van der Waals surface area contributed by atoms with Crippen LogP contribution in [0, 0.1) is 0 Å². The lowest BCUT2D eigenvalue weighted by Gasteiger charge is -2.32. The highest BCUT2D eigenvalue weighted by atomic mass is 16.6. The number of carbonyl (C=O) groups is 1. The average Bonchev–Trinajstić information content (AvgIpc) is 3.46. The van der Waals surface area contributed by atoms with Crippen molar-refractivity contribution in [2.45, 2.75) is 64.0 Å². The zero-order valence-electron chi connectivity index (χ0n) is 19.5. The van der Waals surface area contributed by atoms with Gasteiger partial charge in [0, 0.05) is 36.6 Å². The normalized spacial score (nSPS) is 20.3. The lowest BCUT2D eigenvalue weighted by atomic mass is 9.97. The van der Waals surface area contributed by atoms with Gasteiger partial charge in [0.1, 0.15) is 5.60 Å². The molecule has 1 aromatic carbocycles. The number of likely N-dealkylation sites (tertiary alicyclic amines) is 1. The maximum absolute atomic E-state index is 12.3. The van der Waals surface area contributed by atoms with Crippen molar-refractivity contribution >= 4 is 17.0 Å². The SMILES string of the molecule is CC(C)(C)OC(=O)N1CCC(c2nc(-c3ccc4cnn(C5CCCOC5)c4c3)no2)CC1. The van der Waals surface area contributed by atoms with Crippen molar-refractivity contribution < 1.29 is 18.8 Å². The fraction of sp³-hybridized carbons (Fsp3) is 0.583. The van der Waals surface area contributed by atoms with Crippen molar-refractivity contribution in [3.63, 3.8) is 0 Å². The van der Waals surface area contributed by atoms with Crippen LogP contribution in [-0.4, -0.2) is 62.8 Å². The average molecular weight is 454 g/mol. The second-order valence-electron chi connectivity index (χ2n) is 9.93. The summed E-state index contributed by atoms with van der Waals surface area (Å²) in [6.07, 6.45) is 5.29. The van der Waals surface area contributed by atoms with E-state index in [9.17, 15) is 4.79 Å². The Hall–Kier alpha value is -2.94. The highest BCUT2D eigenvalue weighted by molar-refractivity contribution is 5.83. The van der Waals surface area contributed by atoms with E-state index in [2.05, 4.69) is 21.0 Å². The number of ether oxygens (including phenoxy) is 2. The Morgan fingerprint density at radius 2 is 2.00 bits per heavy atom. The van der Waals surface area contributed by atoms with Crippen LogP contribution in [0.4, 0.5) is 4.79 Å². The van der Waals surface area contributed by atoms with Gasteiger partial charge in [-0.05, 0) is 52.5 Å².